The van der Waals surface area contributed by atoms with Crippen molar-refractivity contribution in [1.82, 2.24) is 9.97 Å². The zero-order valence-electron chi connectivity index (χ0n) is 10.4. The van der Waals surface area contributed by atoms with E-state index in [4.69, 9.17) is 15.6 Å². The molecule has 1 heterocycles. The van der Waals surface area contributed by atoms with Crippen LogP contribution >= 0.6 is 11.8 Å². The number of nitrogens with zero attached hydrogens (tertiary/aromatic N) is 2. The first-order chi connectivity index (χ1) is 9.01. The van der Waals surface area contributed by atoms with Gasteiger partial charge in [-0.3, -0.25) is 0 Å². The molecule has 0 spiro atoms. The highest BCUT2D eigenvalue weighted by molar-refractivity contribution is 7.98. The van der Waals surface area contributed by atoms with Crippen LogP contribution in [0.2, 0.25) is 0 Å². The van der Waals surface area contributed by atoms with Gasteiger partial charge in [0.15, 0.2) is 10.7 Å². The molecule has 1 aliphatic rings. The van der Waals surface area contributed by atoms with E-state index in [1.807, 2.05) is 0 Å². The molecule has 8 heteroatoms. The third-order valence-electron chi connectivity index (χ3n) is 2.91. The van der Waals surface area contributed by atoms with Gasteiger partial charge in [-0.25, -0.2) is 9.78 Å². The lowest BCUT2D eigenvalue weighted by Crippen LogP contribution is -2.18. The van der Waals surface area contributed by atoms with E-state index in [0.717, 1.165) is 0 Å². The van der Waals surface area contributed by atoms with Gasteiger partial charge in [0.25, 0.3) is 0 Å². The molecule has 1 fully saturated rings. The van der Waals surface area contributed by atoms with E-state index in [-0.39, 0.29) is 23.4 Å². The van der Waals surface area contributed by atoms with Crippen LogP contribution < -0.4 is 10.5 Å². The van der Waals surface area contributed by atoms with Crippen LogP contribution in [0.1, 0.15) is 29.6 Å². The van der Waals surface area contributed by atoms with E-state index in [2.05, 4.69) is 9.97 Å². The number of hydrogen-bond acceptors (Lipinski definition) is 7. The highest BCUT2D eigenvalue weighted by Gasteiger charge is 2.28. The van der Waals surface area contributed by atoms with Gasteiger partial charge in [0, 0.05) is 6.42 Å². The van der Waals surface area contributed by atoms with E-state index >= 15 is 0 Å². The molecule has 0 bridgehead atoms. The lowest BCUT2D eigenvalue weighted by molar-refractivity contribution is 0.0687. The highest BCUT2D eigenvalue weighted by atomic mass is 32.2. The van der Waals surface area contributed by atoms with Gasteiger partial charge >= 0.3 is 5.97 Å². The molecule has 104 valence electrons. The van der Waals surface area contributed by atoms with Gasteiger partial charge in [-0.2, -0.15) is 4.98 Å². The van der Waals surface area contributed by atoms with Crippen molar-refractivity contribution in [3.8, 4) is 5.88 Å². The standard InChI is InChI=1S/C11H15N3O4S/c1-19-11-13-8(12)7(10(16)17)9(14-11)18-6-3-2-5(15)4-6/h5-6,15H,2-4H2,1H3,(H,16,17)(H2,12,13,14)/t5-,6+/m1/s1. The first-order valence-corrected chi connectivity index (χ1v) is 7.03. The largest absolute Gasteiger partial charge is 0.477 e. The maximum absolute atomic E-state index is 11.2. The first-order valence-electron chi connectivity index (χ1n) is 5.80. The quantitative estimate of drug-likeness (QED) is 0.548. The summed E-state index contributed by atoms with van der Waals surface area (Å²) in [6, 6.07) is 0. The monoisotopic (exact) mass is 285 g/mol. The van der Waals surface area contributed by atoms with Crippen LogP contribution in [0.25, 0.3) is 0 Å². The van der Waals surface area contributed by atoms with Crippen molar-refractivity contribution < 1.29 is 19.7 Å². The van der Waals surface area contributed by atoms with Crippen LogP contribution in [-0.4, -0.2) is 44.6 Å². The number of thioether (sulfide) groups is 1. The number of aliphatic hydroxyl groups excluding tert-OH is 1. The number of carboxylic acids is 1. The Kier molecular flexibility index (Phi) is 4.11. The second kappa shape index (κ2) is 5.62. The molecule has 0 saturated heterocycles. The Hall–Kier alpha value is -1.54. The fraction of sp³-hybridized carbons (Fsp3) is 0.545. The van der Waals surface area contributed by atoms with E-state index < -0.39 is 12.1 Å². The van der Waals surface area contributed by atoms with E-state index in [9.17, 15) is 9.90 Å². The Morgan fingerprint density at radius 2 is 2.21 bits per heavy atom. The normalized spacial score (nSPS) is 22.4. The van der Waals surface area contributed by atoms with Crippen molar-refractivity contribution in [2.24, 2.45) is 0 Å². The van der Waals surface area contributed by atoms with E-state index in [1.54, 1.807) is 6.26 Å². The fourth-order valence-corrected chi connectivity index (χ4v) is 2.36. The zero-order chi connectivity index (χ0) is 14.0. The minimum Gasteiger partial charge on any atom is -0.477 e. The summed E-state index contributed by atoms with van der Waals surface area (Å²) in [5, 5.41) is 19.0. The van der Waals surface area contributed by atoms with Gasteiger partial charge in [0.1, 0.15) is 11.9 Å². The van der Waals surface area contributed by atoms with Gasteiger partial charge in [0.2, 0.25) is 5.88 Å². The summed E-state index contributed by atoms with van der Waals surface area (Å²) < 4.78 is 5.58. The molecule has 4 N–H and O–H groups in total. The minimum atomic E-state index is -1.22. The molecule has 19 heavy (non-hydrogen) atoms. The molecule has 1 aromatic rings. The molecular weight excluding hydrogens is 270 g/mol. The van der Waals surface area contributed by atoms with Gasteiger partial charge in [-0.1, -0.05) is 11.8 Å². The van der Waals surface area contributed by atoms with Crippen molar-refractivity contribution in [3.63, 3.8) is 0 Å². The second-order valence-corrected chi connectivity index (χ2v) is 5.06. The van der Waals surface area contributed by atoms with E-state index in [0.29, 0.717) is 24.4 Å². The maximum Gasteiger partial charge on any atom is 0.345 e. The van der Waals surface area contributed by atoms with Crippen LogP contribution in [0.5, 0.6) is 5.88 Å². The van der Waals surface area contributed by atoms with Gasteiger partial charge in [-0.15, -0.1) is 0 Å². The minimum absolute atomic E-state index is 0.0246. The molecule has 0 amide bonds. The number of nitrogen functional groups attached to an aromatic ring is 1. The van der Waals surface area contributed by atoms with Gasteiger partial charge in [-0.05, 0) is 19.1 Å². The van der Waals surface area contributed by atoms with Crippen LogP contribution in [-0.2, 0) is 0 Å². The molecule has 2 atom stereocenters. The average Bonchev–Trinajstić information content (AvgIpc) is 2.73. The molecule has 7 nitrogen and oxygen atoms in total. The van der Waals surface area contributed by atoms with Crippen molar-refractivity contribution >= 4 is 23.5 Å². The third-order valence-corrected chi connectivity index (χ3v) is 3.46. The summed E-state index contributed by atoms with van der Waals surface area (Å²) in [5.41, 5.74) is 5.40. The summed E-state index contributed by atoms with van der Waals surface area (Å²) in [5.74, 6) is -1.36. The van der Waals surface area contributed by atoms with Crippen molar-refractivity contribution in [1.29, 1.82) is 0 Å². The summed E-state index contributed by atoms with van der Waals surface area (Å²) in [7, 11) is 0. The lowest BCUT2D eigenvalue weighted by atomic mass is 10.2. The summed E-state index contributed by atoms with van der Waals surface area (Å²) in [6.45, 7) is 0. The average molecular weight is 285 g/mol. The number of ether oxygens (including phenoxy) is 1. The molecule has 0 aliphatic heterocycles. The topological polar surface area (TPSA) is 119 Å². The Morgan fingerprint density at radius 1 is 1.47 bits per heavy atom. The molecule has 0 aromatic carbocycles. The summed E-state index contributed by atoms with van der Waals surface area (Å²) in [4.78, 5) is 19.1. The molecule has 0 radical (unpaired) electrons. The number of rotatable bonds is 4. The van der Waals surface area contributed by atoms with E-state index in [1.165, 1.54) is 11.8 Å². The number of anilines is 1. The van der Waals surface area contributed by atoms with Gasteiger partial charge in [0.05, 0.1) is 6.10 Å². The summed E-state index contributed by atoms with van der Waals surface area (Å²) in [6.07, 6.45) is 2.90. The van der Waals surface area contributed by atoms with Gasteiger partial charge < -0.3 is 20.7 Å². The third kappa shape index (κ3) is 3.07. The maximum atomic E-state index is 11.2. The molecule has 1 aromatic heterocycles. The molecule has 2 rings (SSSR count). The predicted octanol–water partition coefficient (Wildman–Crippen LogP) is 0.771. The van der Waals surface area contributed by atoms with Crippen molar-refractivity contribution in [2.75, 3.05) is 12.0 Å². The number of carbonyl (C=O) groups is 1. The van der Waals surface area contributed by atoms with Crippen LogP contribution in [0.15, 0.2) is 5.16 Å². The number of carboxylic acid groups (broad SMARTS) is 1. The highest BCUT2D eigenvalue weighted by Crippen LogP contribution is 2.29. The predicted molar refractivity (Wildman–Crippen MR) is 69.5 cm³/mol. The molecular formula is C11H15N3O4S. The van der Waals surface area contributed by atoms with Crippen molar-refractivity contribution in [3.05, 3.63) is 5.56 Å². The zero-order valence-corrected chi connectivity index (χ0v) is 11.2. The molecule has 1 saturated carbocycles. The van der Waals surface area contributed by atoms with Crippen molar-refractivity contribution in [2.45, 2.75) is 36.6 Å². The SMILES string of the molecule is CSc1nc(N)c(C(=O)O)c(O[C@H]2CC[C@@H](O)C2)n1. The Labute approximate surface area is 114 Å². The second-order valence-electron chi connectivity index (χ2n) is 4.29. The first kappa shape index (κ1) is 13.9. The smallest absolute Gasteiger partial charge is 0.345 e. The number of nitrogens with two attached hydrogens (primary N) is 1. The Morgan fingerprint density at radius 3 is 2.74 bits per heavy atom. The van der Waals surface area contributed by atoms with Crippen LogP contribution in [0.3, 0.4) is 0 Å². The Bertz CT molecular complexity index is 497. The van der Waals surface area contributed by atoms with Crippen LogP contribution in [0, 0.1) is 0 Å². The molecule has 0 unspecified atom stereocenters. The fourth-order valence-electron chi connectivity index (χ4n) is 2.00. The Balaban J connectivity index is 2.31. The number of aliphatic hydroxyl groups is 1. The number of aromatic nitrogens is 2. The van der Waals surface area contributed by atoms with Crippen LogP contribution in [0.4, 0.5) is 5.82 Å². The lowest BCUT2D eigenvalue weighted by Gasteiger charge is -2.15. The summed E-state index contributed by atoms with van der Waals surface area (Å²) >= 11 is 1.25. The number of hydrogen-bond donors (Lipinski definition) is 3. The number of aromatic carboxylic acids is 1. The molecule has 1 aliphatic carbocycles.